The van der Waals surface area contributed by atoms with Gasteiger partial charge in [-0.25, -0.2) is 0 Å². The molecule has 1 rings (SSSR count). The predicted octanol–water partition coefficient (Wildman–Crippen LogP) is 1.22. The maximum atomic E-state index is 11.9. The Labute approximate surface area is 140 Å². The number of aliphatic hydroxyl groups is 1. The molecule has 1 aromatic carbocycles. The van der Waals surface area contributed by atoms with Gasteiger partial charge in [0.2, 0.25) is 5.91 Å². The van der Waals surface area contributed by atoms with Crippen molar-refractivity contribution in [2.75, 3.05) is 13.2 Å². The summed E-state index contributed by atoms with van der Waals surface area (Å²) in [6, 6.07) is 6.33. The summed E-state index contributed by atoms with van der Waals surface area (Å²) in [6.45, 7) is 3.11. The number of carbonyl (C=O) groups is 3. The zero-order valence-electron chi connectivity index (χ0n) is 13.9. The number of hydrogen-bond donors (Lipinski definition) is 2. The van der Waals surface area contributed by atoms with Crippen LogP contribution in [0.15, 0.2) is 24.3 Å². The largest absolute Gasteiger partial charge is 0.490 e. The maximum absolute atomic E-state index is 11.9. The zero-order chi connectivity index (χ0) is 18.2. The molecule has 1 amide bonds. The van der Waals surface area contributed by atoms with Gasteiger partial charge < -0.3 is 20.3 Å². The van der Waals surface area contributed by atoms with E-state index in [1.54, 1.807) is 24.3 Å². The van der Waals surface area contributed by atoms with E-state index >= 15 is 0 Å². The van der Waals surface area contributed by atoms with Crippen molar-refractivity contribution in [1.29, 1.82) is 0 Å². The van der Waals surface area contributed by atoms with Crippen molar-refractivity contribution >= 4 is 17.7 Å². The van der Waals surface area contributed by atoms with Crippen molar-refractivity contribution in [2.45, 2.75) is 38.7 Å². The van der Waals surface area contributed by atoms with Gasteiger partial charge in [-0.1, -0.05) is 0 Å². The highest BCUT2D eigenvalue weighted by molar-refractivity contribution is 6.01. The van der Waals surface area contributed by atoms with Crippen molar-refractivity contribution in [3.8, 4) is 5.75 Å². The van der Waals surface area contributed by atoms with Gasteiger partial charge >= 0.3 is 5.97 Å². The number of esters is 1. The Bertz CT molecular complexity index is 574. The molecule has 0 unspecified atom stereocenters. The molecule has 0 radical (unpaired) electrons. The third-order valence-electron chi connectivity index (χ3n) is 3.09. The monoisotopic (exact) mass is 337 g/mol. The number of carbonyl (C=O) groups excluding carboxylic acids is 3. The highest BCUT2D eigenvalue weighted by Gasteiger charge is 2.24. The molecule has 0 fully saturated rings. The first-order valence-corrected chi connectivity index (χ1v) is 7.64. The lowest BCUT2D eigenvalue weighted by molar-refractivity contribution is -0.144. The summed E-state index contributed by atoms with van der Waals surface area (Å²) in [5.74, 6) is -0.713. The van der Waals surface area contributed by atoms with Crippen LogP contribution in [0.5, 0.6) is 5.75 Å². The minimum Gasteiger partial charge on any atom is -0.490 e. The van der Waals surface area contributed by atoms with E-state index in [1.165, 1.54) is 13.8 Å². The molecule has 0 heterocycles. The van der Waals surface area contributed by atoms with E-state index in [9.17, 15) is 19.5 Å². The van der Waals surface area contributed by atoms with Gasteiger partial charge in [0.15, 0.2) is 5.78 Å². The van der Waals surface area contributed by atoms with Gasteiger partial charge in [0.25, 0.3) is 0 Å². The molecule has 0 aliphatic rings. The van der Waals surface area contributed by atoms with E-state index < -0.39 is 17.5 Å². The normalized spacial score (nSPS) is 11.0. The maximum Gasteiger partial charge on any atom is 0.305 e. The number of ketones is 1. The number of hydrogen-bond acceptors (Lipinski definition) is 6. The van der Waals surface area contributed by atoms with Gasteiger partial charge in [0.05, 0.1) is 0 Å². The van der Waals surface area contributed by atoms with Crippen molar-refractivity contribution < 1.29 is 29.0 Å². The van der Waals surface area contributed by atoms with E-state index in [0.717, 1.165) is 0 Å². The Hall–Kier alpha value is -2.41. The molecule has 0 atom stereocenters. The first-order chi connectivity index (χ1) is 11.2. The van der Waals surface area contributed by atoms with Gasteiger partial charge in [-0.3, -0.25) is 14.4 Å². The molecule has 0 aromatic heterocycles. The topological polar surface area (TPSA) is 116 Å². The molecule has 1 aromatic rings. The summed E-state index contributed by atoms with van der Waals surface area (Å²) in [6.07, 6.45) is 0.656. The van der Waals surface area contributed by atoms with Crippen molar-refractivity contribution in [3.05, 3.63) is 29.8 Å². The van der Waals surface area contributed by atoms with Crippen LogP contribution in [0.4, 0.5) is 0 Å². The number of Topliss-reactive ketones (excluding diaryl/α,β-unsaturated/α-hetero) is 1. The van der Waals surface area contributed by atoms with Gasteiger partial charge in [0.1, 0.15) is 24.6 Å². The minimum atomic E-state index is -1.43. The molecular formula is C17H23NO6. The zero-order valence-corrected chi connectivity index (χ0v) is 13.9. The van der Waals surface area contributed by atoms with Crippen molar-refractivity contribution in [1.82, 2.24) is 0 Å². The van der Waals surface area contributed by atoms with Crippen molar-refractivity contribution in [2.24, 2.45) is 5.73 Å². The molecule has 0 bridgehead atoms. The molecule has 7 nitrogen and oxygen atoms in total. The third-order valence-corrected chi connectivity index (χ3v) is 3.09. The molecule has 3 N–H and O–H groups in total. The predicted molar refractivity (Wildman–Crippen MR) is 86.6 cm³/mol. The second kappa shape index (κ2) is 9.02. The van der Waals surface area contributed by atoms with Crippen LogP contribution in [-0.4, -0.2) is 41.6 Å². The molecule has 0 aliphatic heterocycles. The van der Waals surface area contributed by atoms with Crippen LogP contribution in [0.3, 0.4) is 0 Å². The Kier molecular flexibility index (Phi) is 7.38. The third kappa shape index (κ3) is 7.23. The Morgan fingerprint density at radius 3 is 2.25 bits per heavy atom. The molecule has 7 heteroatoms. The van der Waals surface area contributed by atoms with Gasteiger partial charge in [-0.05, 0) is 44.5 Å². The molecule has 0 aliphatic carbocycles. The average molecular weight is 337 g/mol. The summed E-state index contributed by atoms with van der Waals surface area (Å²) in [7, 11) is 0. The number of rotatable bonds is 10. The summed E-state index contributed by atoms with van der Waals surface area (Å²) in [5, 5.41) is 9.67. The van der Waals surface area contributed by atoms with Gasteiger partial charge in [-0.15, -0.1) is 0 Å². The van der Waals surface area contributed by atoms with Crippen molar-refractivity contribution in [3.63, 3.8) is 0 Å². The van der Waals surface area contributed by atoms with E-state index in [0.29, 0.717) is 17.7 Å². The summed E-state index contributed by atoms with van der Waals surface area (Å²) in [4.78, 5) is 33.8. The molecule has 0 saturated carbocycles. The fourth-order valence-electron chi connectivity index (χ4n) is 1.85. The van der Waals surface area contributed by atoms with Gasteiger partial charge in [-0.2, -0.15) is 0 Å². The minimum absolute atomic E-state index is 0.0831. The second-order valence-electron chi connectivity index (χ2n) is 5.80. The van der Waals surface area contributed by atoms with E-state index in [-0.39, 0.29) is 31.8 Å². The number of primary amides is 1. The number of amides is 1. The summed E-state index contributed by atoms with van der Waals surface area (Å²) in [5.41, 5.74) is 3.93. The van der Waals surface area contributed by atoms with E-state index in [2.05, 4.69) is 0 Å². The first kappa shape index (κ1) is 19.6. The fraction of sp³-hybridized carbons (Fsp3) is 0.471. The Morgan fingerprint density at radius 1 is 1.08 bits per heavy atom. The highest BCUT2D eigenvalue weighted by atomic mass is 16.6. The second-order valence-corrected chi connectivity index (χ2v) is 5.80. The van der Waals surface area contributed by atoms with Crippen LogP contribution in [0.2, 0.25) is 0 Å². The Morgan fingerprint density at radius 2 is 1.71 bits per heavy atom. The number of ether oxygens (including phenoxy) is 2. The van der Waals surface area contributed by atoms with Crippen LogP contribution < -0.4 is 10.5 Å². The smallest absolute Gasteiger partial charge is 0.305 e. The van der Waals surface area contributed by atoms with Crippen LogP contribution in [0, 0.1) is 0 Å². The molecular weight excluding hydrogens is 314 g/mol. The molecule has 24 heavy (non-hydrogen) atoms. The summed E-state index contributed by atoms with van der Waals surface area (Å²) < 4.78 is 10.3. The van der Waals surface area contributed by atoms with Crippen LogP contribution in [0.25, 0.3) is 0 Å². The van der Waals surface area contributed by atoms with Crippen LogP contribution >= 0.6 is 0 Å². The first-order valence-electron chi connectivity index (χ1n) is 7.64. The van der Waals surface area contributed by atoms with Gasteiger partial charge in [0, 0.05) is 18.4 Å². The molecule has 0 spiro atoms. The van der Waals surface area contributed by atoms with Crippen LogP contribution in [0.1, 0.15) is 43.5 Å². The SMILES string of the molecule is CC(C)(O)C(=O)c1ccc(OCCOC(=O)CCCC(N)=O)cc1. The number of nitrogens with two attached hydrogens (primary N) is 1. The van der Waals surface area contributed by atoms with Crippen LogP contribution in [-0.2, 0) is 14.3 Å². The van der Waals surface area contributed by atoms with E-state index in [1.807, 2.05) is 0 Å². The molecule has 0 saturated heterocycles. The molecule has 132 valence electrons. The lowest BCUT2D eigenvalue weighted by atomic mass is 9.97. The Balaban J connectivity index is 2.30. The highest BCUT2D eigenvalue weighted by Crippen LogP contribution is 2.17. The average Bonchev–Trinajstić information content (AvgIpc) is 2.50. The number of benzene rings is 1. The fourth-order valence-corrected chi connectivity index (χ4v) is 1.85. The standard InChI is InChI=1S/C17H23NO6/c1-17(2,22)16(21)12-6-8-13(9-7-12)23-10-11-24-15(20)5-3-4-14(18)19/h6-9,22H,3-5,10-11H2,1-2H3,(H2,18,19). The summed E-state index contributed by atoms with van der Waals surface area (Å²) >= 11 is 0. The quantitative estimate of drug-likeness (QED) is 0.377. The lowest BCUT2D eigenvalue weighted by Crippen LogP contribution is -2.30. The lowest BCUT2D eigenvalue weighted by Gasteiger charge is -2.15. The van der Waals surface area contributed by atoms with E-state index in [4.69, 9.17) is 15.2 Å².